The van der Waals surface area contributed by atoms with Crippen LogP contribution in [0.25, 0.3) is 21.8 Å². The third-order valence-corrected chi connectivity index (χ3v) is 6.95. The molecule has 1 fully saturated rings. The molecule has 0 amide bonds. The van der Waals surface area contributed by atoms with E-state index in [0.717, 1.165) is 47.2 Å². The highest BCUT2D eigenvalue weighted by Gasteiger charge is 2.23. The Morgan fingerprint density at radius 2 is 1.85 bits per heavy atom. The van der Waals surface area contributed by atoms with Crippen molar-refractivity contribution < 1.29 is 9.18 Å². The van der Waals surface area contributed by atoms with Gasteiger partial charge in [-0.3, -0.25) is 14.2 Å². The second kappa shape index (κ2) is 11.9. The van der Waals surface area contributed by atoms with E-state index in [1.165, 1.54) is 6.07 Å². The van der Waals surface area contributed by atoms with Gasteiger partial charge in [0.2, 0.25) is 5.95 Å². The van der Waals surface area contributed by atoms with E-state index in [9.17, 15) is 9.18 Å². The number of hydrogen-bond donors (Lipinski definition) is 3. The van der Waals surface area contributed by atoms with Gasteiger partial charge in [0, 0.05) is 92.6 Å². The van der Waals surface area contributed by atoms with Crippen molar-refractivity contribution in [3.8, 4) is 0 Å². The number of carbonyl (C=O) groups excluding carboxylic acids is 1. The molecule has 0 saturated carbocycles. The molecule has 4 heterocycles. The maximum Gasteiger partial charge on any atom is 0.223 e. The van der Waals surface area contributed by atoms with E-state index in [2.05, 4.69) is 54.9 Å². The average Bonchev–Trinajstić information content (AvgIpc) is 3.55. The number of benzene rings is 2. The molecule has 1 saturated heterocycles. The quantitative estimate of drug-likeness (QED) is 0.268. The standard InChI is InChI=1S/C20H25N7O.C9H10FN3/c1-13-10-27(11-14(2)23-13)18-5-4-15(12-28)19-17(18)9-22-20(24-19)21-8-16-6-7-26(3)25-16;1-11-7-3-6-5-13(2)12-9(6)8(10)4-7/h4-7,9,12-14,23H,8,10-11H2,1-3H3,(H,21,22,24);3-5,11H,1-2H3/t13-,14?;/m1./s1. The van der Waals surface area contributed by atoms with Crippen LogP contribution < -0.4 is 20.9 Å². The second-order valence-corrected chi connectivity index (χ2v) is 10.4. The van der Waals surface area contributed by atoms with Crippen LogP contribution in [0.5, 0.6) is 0 Å². The zero-order chi connectivity index (χ0) is 29.1. The van der Waals surface area contributed by atoms with E-state index in [4.69, 9.17) is 0 Å². The lowest BCUT2D eigenvalue weighted by Gasteiger charge is -2.38. The third-order valence-electron chi connectivity index (χ3n) is 6.95. The summed E-state index contributed by atoms with van der Waals surface area (Å²) in [6.07, 6.45) is 6.34. The first-order valence-electron chi connectivity index (χ1n) is 13.5. The van der Waals surface area contributed by atoms with Crippen molar-refractivity contribution in [2.45, 2.75) is 32.5 Å². The zero-order valence-corrected chi connectivity index (χ0v) is 23.9. The number of aldehydes is 1. The van der Waals surface area contributed by atoms with Gasteiger partial charge in [-0.15, -0.1) is 0 Å². The van der Waals surface area contributed by atoms with Crippen molar-refractivity contribution in [1.82, 2.24) is 34.8 Å². The molecule has 0 spiro atoms. The monoisotopic (exact) mass is 558 g/mol. The number of rotatable bonds is 6. The van der Waals surface area contributed by atoms with Gasteiger partial charge in [-0.05, 0) is 44.2 Å². The van der Waals surface area contributed by atoms with Crippen molar-refractivity contribution in [3.63, 3.8) is 0 Å². The molecule has 2 atom stereocenters. The molecule has 3 aromatic heterocycles. The zero-order valence-electron chi connectivity index (χ0n) is 23.9. The number of nitrogens with one attached hydrogen (secondary N) is 3. The summed E-state index contributed by atoms with van der Waals surface area (Å²) in [6.45, 7) is 6.69. The molecule has 214 valence electrons. The van der Waals surface area contributed by atoms with Crippen LogP contribution in [-0.2, 0) is 20.6 Å². The third kappa shape index (κ3) is 6.27. The molecular weight excluding hydrogens is 523 g/mol. The van der Waals surface area contributed by atoms with E-state index < -0.39 is 0 Å². The van der Waals surface area contributed by atoms with Gasteiger partial charge in [0.15, 0.2) is 12.1 Å². The number of hydrogen-bond acceptors (Lipinski definition) is 9. The van der Waals surface area contributed by atoms with Crippen molar-refractivity contribution in [2.24, 2.45) is 14.1 Å². The van der Waals surface area contributed by atoms with Gasteiger partial charge < -0.3 is 20.9 Å². The second-order valence-electron chi connectivity index (χ2n) is 10.4. The highest BCUT2D eigenvalue weighted by molar-refractivity contribution is 6.02. The minimum absolute atomic E-state index is 0.289. The van der Waals surface area contributed by atoms with Crippen LogP contribution in [-0.4, -0.2) is 68.0 Å². The smallest absolute Gasteiger partial charge is 0.223 e. The normalized spacial score (nSPS) is 16.9. The van der Waals surface area contributed by atoms with Crippen LogP contribution in [0.3, 0.4) is 0 Å². The summed E-state index contributed by atoms with van der Waals surface area (Å²) in [4.78, 5) is 23.0. The molecule has 2 aromatic carbocycles. The Balaban J connectivity index is 0.000000216. The molecule has 6 rings (SSSR count). The Labute approximate surface area is 237 Å². The fourth-order valence-electron chi connectivity index (χ4n) is 5.19. The Bertz CT molecular complexity index is 1670. The van der Waals surface area contributed by atoms with Crippen LogP contribution in [0, 0.1) is 5.82 Å². The van der Waals surface area contributed by atoms with Crippen molar-refractivity contribution in [1.29, 1.82) is 0 Å². The first-order chi connectivity index (χ1) is 19.7. The molecular formula is C29H35FN10O. The van der Waals surface area contributed by atoms with E-state index in [0.29, 0.717) is 41.2 Å². The van der Waals surface area contributed by atoms with E-state index in [-0.39, 0.29) is 5.82 Å². The number of fused-ring (bicyclic) bond motifs is 2. The molecule has 0 bridgehead atoms. The number of aromatic nitrogens is 6. The molecule has 41 heavy (non-hydrogen) atoms. The summed E-state index contributed by atoms with van der Waals surface area (Å²) in [7, 11) is 5.42. The molecule has 1 aliphatic rings. The summed E-state index contributed by atoms with van der Waals surface area (Å²) >= 11 is 0. The Morgan fingerprint density at radius 3 is 2.54 bits per heavy atom. The highest BCUT2D eigenvalue weighted by Crippen LogP contribution is 2.29. The molecule has 11 nitrogen and oxygen atoms in total. The summed E-state index contributed by atoms with van der Waals surface area (Å²) in [5, 5.41) is 19.7. The molecule has 0 radical (unpaired) electrons. The Morgan fingerprint density at radius 1 is 1.07 bits per heavy atom. The minimum Gasteiger partial charge on any atom is -0.388 e. The Hall–Kier alpha value is -4.58. The van der Waals surface area contributed by atoms with Gasteiger partial charge in [-0.2, -0.15) is 10.2 Å². The predicted molar refractivity (Wildman–Crippen MR) is 160 cm³/mol. The SMILES string of the molecule is CC1CN(c2ccc(C=O)c3nc(NCc4ccn(C)n4)ncc23)C[C@@H](C)N1.CNc1cc(F)c2nn(C)cc2c1. The predicted octanol–water partition coefficient (Wildman–Crippen LogP) is 3.73. The van der Waals surface area contributed by atoms with Gasteiger partial charge in [0.25, 0.3) is 0 Å². The highest BCUT2D eigenvalue weighted by atomic mass is 19.1. The van der Waals surface area contributed by atoms with Crippen LogP contribution in [0.4, 0.5) is 21.7 Å². The van der Waals surface area contributed by atoms with Crippen molar-refractivity contribution in [2.75, 3.05) is 35.7 Å². The number of anilines is 3. The van der Waals surface area contributed by atoms with E-state index in [1.54, 1.807) is 29.7 Å². The lowest BCUT2D eigenvalue weighted by Crippen LogP contribution is -2.54. The number of aryl methyl sites for hydroxylation is 2. The molecule has 12 heteroatoms. The van der Waals surface area contributed by atoms with E-state index >= 15 is 0 Å². The molecule has 1 unspecified atom stereocenters. The summed E-state index contributed by atoms with van der Waals surface area (Å²) in [5.41, 5.74) is 4.39. The summed E-state index contributed by atoms with van der Waals surface area (Å²) in [5.74, 6) is 0.197. The molecule has 5 aromatic rings. The van der Waals surface area contributed by atoms with Gasteiger partial charge in [-0.25, -0.2) is 14.4 Å². The molecule has 0 aliphatic carbocycles. The van der Waals surface area contributed by atoms with Gasteiger partial charge in [-0.1, -0.05) is 0 Å². The largest absolute Gasteiger partial charge is 0.388 e. The van der Waals surface area contributed by atoms with Crippen LogP contribution in [0.15, 0.2) is 48.9 Å². The lowest BCUT2D eigenvalue weighted by molar-refractivity contribution is 0.112. The van der Waals surface area contributed by atoms with Gasteiger partial charge in [0.1, 0.15) is 5.52 Å². The number of nitrogens with zero attached hydrogens (tertiary/aromatic N) is 7. The van der Waals surface area contributed by atoms with Crippen molar-refractivity contribution >= 4 is 45.4 Å². The maximum absolute atomic E-state index is 13.3. The first kappa shape index (κ1) is 28.0. The summed E-state index contributed by atoms with van der Waals surface area (Å²) in [6, 6.07) is 9.88. The summed E-state index contributed by atoms with van der Waals surface area (Å²) < 4.78 is 16.7. The maximum atomic E-state index is 13.3. The Kier molecular flexibility index (Phi) is 8.11. The van der Waals surface area contributed by atoms with Crippen LogP contribution in [0.2, 0.25) is 0 Å². The number of carbonyl (C=O) groups is 1. The fraction of sp³-hybridized carbons (Fsp3) is 0.345. The minimum atomic E-state index is -0.289. The van der Waals surface area contributed by atoms with Gasteiger partial charge >= 0.3 is 0 Å². The number of piperazine rings is 1. The van der Waals surface area contributed by atoms with Crippen molar-refractivity contribution in [3.05, 3.63) is 66.0 Å². The first-order valence-corrected chi connectivity index (χ1v) is 13.5. The van der Waals surface area contributed by atoms with Gasteiger partial charge in [0.05, 0.1) is 17.8 Å². The number of halogens is 1. The lowest BCUT2D eigenvalue weighted by atomic mass is 10.1. The molecule has 1 aliphatic heterocycles. The van der Waals surface area contributed by atoms with E-state index in [1.807, 2.05) is 43.7 Å². The average molecular weight is 559 g/mol. The topological polar surface area (TPSA) is 118 Å². The van der Waals surface area contributed by atoms with Crippen LogP contribution in [0.1, 0.15) is 29.9 Å². The molecule has 3 N–H and O–H groups in total. The fourth-order valence-corrected chi connectivity index (χ4v) is 5.19. The van der Waals surface area contributed by atoms with Crippen LogP contribution >= 0.6 is 0 Å².